The van der Waals surface area contributed by atoms with Gasteiger partial charge in [-0.15, -0.1) is 0 Å². The van der Waals surface area contributed by atoms with Crippen LogP contribution in [0.1, 0.15) is 12.0 Å². The summed E-state index contributed by atoms with van der Waals surface area (Å²) in [6.07, 6.45) is -0.767. The molecular formula is C11H11NO2. The zero-order valence-corrected chi connectivity index (χ0v) is 7.68. The van der Waals surface area contributed by atoms with Crippen LogP contribution in [-0.2, 0) is 11.3 Å². The van der Waals surface area contributed by atoms with E-state index in [-0.39, 0.29) is 0 Å². The molecule has 1 aromatic carbocycles. The third-order valence-electron chi connectivity index (χ3n) is 2.69. The largest absolute Gasteiger partial charge is 0.363 e. The molecule has 14 heavy (non-hydrogen) atoms. The molecule has 0 bridgehead atoms. The lowest BCUT2D eigenvalue weighted by molar-refractivity contribution is -0.123. The Morgan fingerprint density at radius 1 is 1.36 bits per heavy atom. The monoisotopic (exact) mass is 189 g/mol. The number of ether oxygens (including phenoxy) is 1. The lowest BCUT2D eigenvalue weighted by Gasteiger charge is -2.21. The van der Waals surface area contributed by atoms with Crippen molar-refractivity contribution in [3.63, 3.8) is 0 Å². The molecule has 0 aliphatic carbocycles. The summed E-state index contributed by atoms with van der Waals surface area (Å²) in [5.74, 6) is 0. The van der Waals surface area contributed by atoms with Crippen LogP contribution in [0.15, 0.2) is 30.3 Å². The first-order valence-electron chi connectivity index (χ1n) is 4.74. The normalized spacial score (nSPS) is 21.1. The standard InChI is InChI=1S/C11H11NO2/c13-11-10-7-8-3-1-2-4-9(8)12(10)5-6-14-11/h1-4,7,11,13H,5-6H2. The van der Waals surface area contributed by atoms with Gasteiger partial charge in [-0.25, -0.2) is 0 Å². The van der Waals surface area contributed by atoms with Crippen LogP contribution in [0.4, 0.5) is 0 Å². The molecule has 1 aliphatic rings. The summed E-state index contributed by atoms with van der Waals surface area (Å²) < 4.78 is 7.28. The number of hydrogen-bond acceptors (Lipinski definition) is 2. The molecule has 1 atom stereocenters. The van der Waals surface area contributed by atoms with Crippen LogP contribution in [0, 0.1) is 0 Å². The van der Waals surface area contributed by atoms with Crippen LogP contribution in [-0.4, -0.2) is 16.3 Å². The zero-order valence-electron chi connectivity index (χ0n) is 7.68. The van der Waals surface area contributed by atoms with E-state index in [2.05, 4.69) is 10.6 Å². The van der Waals surface area contributed by atoms with Crippen LogP contribution in [0.25, 0.3) is 10.9 Å². The Balaban J connectivity index is 2.32. The Hall–Kier alpha value is -1.32. The van der Waals surface area contributed by atoms with Crippen LogP contribution >= 0.6 is 0 Å². The molecule has 3 nitrogen and oxygen atoms in total. The molecule has 3 rings (SSSR count). The van der Waals surface area contributed by atoms with Crippen molar-refractivity contribution in [2.75, 3.05) is 6.61 Å². The second-order valence-electron chi connectivity index (χ2n) is 3.50. The van der Waals surface area contributed by atoms with Gasteiger partial charge in [-0.2, -0.15) is 0 Å². The fourth-order valence-electron chi connectivity index (χ4n) is 2.03. The predicted octanol–water partition coefficient (Wildman–Crippen LogP) is 1.66. The fraction of sp³-hybridized carbons (Fsp3) is 0.273. The molecule has 0 radical (unpaired) electrons. The average molecular weight is 189 g/mol. The highest BCUT2D eigenvalue weighted by molar-refractivity contribution is 5.81. The second kappa shape index (κ2) is 2.83. The van der Waals surface area contributed by atoms with Crippen molar-refractivity contribution in [2.24, 2.45) is 0 Å². The topological polar surface area (TPSA) is 34.4 Å². The number of aromatic nitrogens is 1. The highest BCUT2D eigenvalue weighted by Gasteiger charge is 2.20. The lowest BCUT2D eigenvalue weighted by atomic mass is 10.2. The molecule has 72 valence electrons. The first kappa shape index (κ1) is 8.03. The first-order chi connectivity index (χ1) is 6.86. The fourth-order valence-corrected chi connectivity index (χ4v) is 2.03. The molecule has 2 heterocycles. The van der Waals surface area contributed by atoms with Crippen LogP contribution in [0.2, 0.25) is 0 Å². The maximum absolute atomic E-state index is 9.62. The van der Waals surface area contributed by atoms with Gasteiger partial charge in [0, 0.05) is 17.4 Å². The van der Waals surface area contributed by atoms with E-state index in [9.17, 15) is 5.11 Å². The summed E-state index contributed by atoms with van der Waals surface area (Å²) in [7, 11) is 0. The van der Waals surface area contributed by atoms with Crippen molar-refractivity contribution in [1.29, 1.82) is 0 Å². The number of hydrogen-bond donors (Lipinski definition) is 1. The van der Waals surface area contributed by atoms with Crippen molar-refractivity contribution in [1.82, 2.24) is 4.57 Å². The number of rotatable bonds is 0. The SMILES string of the molecule is OC1OCCn2c1cc1ccccc12. The van der Waals surface area contributed by atoms with Gasteiger partial charge < -0.3 is 14.4 Å². The van der Waals surface area contributed by atoms with Crippen molar-refractivity contribution in [3.8, 4) is 0 Å². The summed E-state index contributed by atoms with van der Waals surface area (Å²) in [6, 6.07) is 10.1. The van der Waals surface area contributed by atoms with E-state index in [1.165, 1.54) is 5.52 Å². The van der Waals surface area contributed by atoms with Crippen LogP contribution < -0.4 is 0 Å². The molecule has 0 fully saturated rings. The maximum Gasteiger partial charge on any atom is 0.196 e. The molecule has 1 N–H and O–H groups in total. The van der Waals surface area contributed by atoms with Gasteiger partial charge in [-0.1, -0.05) is 18.2 Å². The molecule has 0 saturated carbocycles. The van der Waals surface area contributed by atoms with E-state index < -0.39 is 6.29 Å². The van der Waals surface area contributed by atoms with E-state index in [0.717, 1.165) is 17.6 Å². The van der Waals surface area contributed by atoms with Gasteiger partial charge in [0.1, 0.15) is 0 Å². The van der Waals surface area contributed by atoms with E-state index in [4.69, 9.17) is 4.74 Å². The van der Waals surface area contributed by atoms with Gasteiger partial charge in [0.05, 0.1) is 12.3 Å². The molecule has 3 heteroatoms. The zero-order chi connectivity index (χ0) is 9.54. The number of benzene rings is 1. The predicted molar refractivity (Wildman–Crippen MR) is 52.8 cm³/mol. The van der Waals surface area contributed by atoms with Crippen LogP contribution in [0.3, 0.4) is 0 Å². The first-order valence-corrected chi connectivity index (χ1v) is 4.74. The number of aliphatic hydroxyl groups excluding tert-OH is 1. The molecular weight excluding hydrogens is 178 g/mol. The summed E-state index contributed by atoms with van der Waals surface area (Å²) in [5.41, 5.74) is 2.03. The van der Waals surface area contributed by atoms with E-state index in [1.54, 1.807) is 0 Å². The van der Waals surface area contributed by atoms with E-state index in [1.807, 2.05) is 24.3 Å². The number of fused-ring (bicyclic) bond motifs is 3. The number of para-hydroxylation sites is 1. The Kier molecular flexibility index (Phi) is 1.63. The Bertz CT molecular complexity index is 475. The summed E-state index contributed by atoms with van der Waals surface area (Å²) in [4.78, 5) is 0. The molecule has 0 saturated heterocycles. The van der Waals surface area contributed by atoms with Crippen molar-refractivity contribution >= 4 is 10.9 Å². The van der Waals surface area contributed by atoms with Gasteiger partial charge in [0.2, 0.25) is 0 Å². The quantitative estimate of drug-likeness (QED) is 0.684. The van der Waals surface area contributed by atoms with Crippen molar-refractivity contribution < 1.29 is 9.84 Å². The Morgan fingerprint density at radius 3 is 3.14 bits per heavy atom. The second-order valence-corrected chi connectivity index (χ2v) is 3.50. The summed E-state index contributed by atoms with van der Waals surface area (Å²) in [6.45, 7) is 1.40. The van der Waals surface area contributed by atoms with Gasteiger partial charge in [-0.05, 0) is 12.1 Å². The average Bonchev–Trinajstić information content (AvgIpc) is 2.59. The highest BCUT2D eigenvalue weighted by atomic mass is 16.6. The van der Waals surface area contributed by atoms with E-state index >= 15 is 0 Å². The molecule has 1 unspecified atom stereocenters. The molecule has 1 aliphatic heterocycles. The molecule has 0 spiro atoms. The third kappa shape index (κ3) is 0.997. The summed E-state index contributed by atoms with van der Waals surface area (Å²) in [5, 5.41) is 10.8. The van der Waals surface area contributed by atoms with Gasteiger partial charge in [0.25, 0.3) is 0 Å². The van der Waals surface area contributed by atoms with Gasteiger partial charge >= 0.3 is 0 Å². The minimum absolute atomic E-state index is 0.576. The van der Waals surface area contributed by atoms with Crippen molar-refractivity contribution in [3.05, 3.63) is 36.0 Å². The smallest absolute Gasteiger partial charge is 0.196 e. The minimum Gasteiger partial charge on any atom is -0.363 e. The van der Waals surface area contributed by atoms with Gasteiger partial charge in [0.15, 0.2) is 6.29 Å². The Morgan fingerprint density at radius 2 is 2.21 bits per heavy atom. The van der Waals surface area contributed by atoms with Gasteiger partial charge in [-0.3, -0.25) is 0 Å². The highest BCUT2D eigenvalue weighted by Crippen LogP contribution is 2.27. The van der Waals surface area contributed by atoms with Crippen LogP contribution in [0.5, 0.6) is 0 Å². The summed E-state index contributed by atoms with van der Waals surface area (Å²) >= 11 is 0. The Labute approximate surface area is 81.5 Å². The maximum atomic E-state index is 9.62. The lowest BCUT2D eigenvalue weighted by Crippen LogP contribution is -2.20. The number of nitrogens with zero attached hydrogens (tertiary/aromatic N) is 1. The number of aliphatic hydroxyl groups is 1. The van der Waals surface area contributed by atoms with Crippen molar-refractivity contribution in [2.45, 2.75) is 12.8 Å². The third-order valence-corrected chi connectivity index (χ3v) is 2.69. The van der Waals surface area contributed by atoms with E-state index in [0.29, 0.717) is 6.61 Å². The molecule has 2 aromatic rings. The molecule has 1 aromatic heterocycles. The minimum atomic E-state index is -0.767. The molecule has 0 amide bonds.